The number of aromatic nitrogens is 5. The van der Waals surface area contributed by atoms with Crippen LogP contribution in [0, 0.1) is 0 Å². The van der Waals surface area contributed by atoms with Crippen molar-refractivity contribution >= 4 is 23.2 Å². The number of pyridine rings is 1. The van der Waals surface area contributed by atoms with Gasteiger partial charge in [-0.15, -0.1) is 0 Å². The molecule has 8 heteroatoms. The third kappa shape index (κ3) is 2.87. The first-order chi connectivity index (χ1) is 10.2. The van der Waals surface area contributed by atoms with Gasteiger partial charge in [-0.25, -0.2) is 19.6 Å². The van der Waals surface area contributed by atoms with Crippen LogP contribution in [0.5, 0.6) is 0 Å². The third-order valence-corrected chi connectivity index (χ3v) is 2.80. The van der Waals surface area contributed by atoms with Crippen molar-refractivity contribution in [2.75, 3.05) is 5.32 Å². The summed E-state index contributed by atoms with van der Waals surface area (Å²) in [6.07, 6.45) is 7.61. The average Bonchev–Trinajstić information content (AvgIpc) is 3.02. The standard InChI is InChI=1S/C13H9ClN6O/c14-11-8-16-10(7-17-11)13(21)19-9-3-1-4-15-12(9)20-6-2-5-18-20/h1-8H,(H,19,21). The van der Waals surface area contributed by atoms with Crippen molar-refractivity contribution in [1.29, 1.82) is 0 Å². The third-order valence-electron chi connectivity index (χ3n) is 2.61. The maximum atomic E-state index is 12.1. The van der Waals surface area contributed by atoms with Crippen LogP contribution in [0.4, 0.5) is 5.69 Å². The molecule has 0 atom stereocenters. The molecule has 0 unspecified atom stereocenters. The molecular formula is C13H9ClN6O. The van der Waals surface area contributed by atoms with Gasteiger partial charge in [-0.1, -0.05) is 11.6 Å². The number of nitrogens with one attached hydrogen (secondary N) is 1. The lowest BCUT2D eigenvalue weighted by Crippen LogP contribution is -2.16. The van der Waals surface area contributed by atoms with Gasteiger partial charge in [0.25, 0.3) is 5.91 Å². The van der Waals surface area contributed by atoms with E-state index in [0.29, 0.717) is 11.5 Å². The minimum atomic E-state index is -0.402. The minimum absolute atomic E-state index is 0.162. The smallest absolute Gasteiger partial charge is 0.275 e. The number of carbonyl (C=O) groups is 1. The number of anilines is 1. The molecule has 0 aliphatic heterocycles. The van der Waals surface area contributed by atoms with Crippen LogP contribution < -0.4 is 5.32 Å². The molecule has 21 heavy (non-hydrogen) atoms. The fraction of sp³-hybridized carbons (Fsp3) is 0. The zero-order valence-electron chi connectivity index (χ0n) is 10.6. The van der Waals surface area contributed by atoms with E-state index in [4.69, 9.17) is 11.6 Å². The highest BCUT2D eigenvalue weighted by molar-refractivity contribution is 6.29. The van der Waals surface area contributed by atoms with Gasteiger partial charge in [-0.05, 0) is 18.2 Å². The molecule has 0 aliphatic rings. The van der Waals surface area contributed by atoms with E-state index in [9.17, 15) is 4.79 Å². The van der Waals surface area contributed by atoms with E-state index in [-0.39, 0.29) is 10.8 Å². The van der Waals surface area contributed by atoms with Gasteiger partial charge in [0.05, 0.1) is 18.1 Å². The Morgan fingerprint density at radius 3 is 2.76 bits per heavy atom. The lowest BCUT2D eigenvalue weighted by molar-refractivity contribution is 0.102. The van der Waals surface area contributed by atoms with Gasteiger partial charge in [-0.3, -0.25) is 4.79 Å². The minimum Gasteiger partial charge on any atom is -0.317 e. The van der Waals surface area contributed by atoms with Crippen molar-refractivity contribution in [1.82, 2.24) is 24.7 Å². The Labute approximate surface area is 124 Å². The molecule has 0 saturated carbocycles. The van der Waals surface area contributed by atoms with E-state index in [1.165, 1.54) is 12.4 Å². The van der Waals surface area contributed by atoms with Crippen LogP contribution in [0.1, 0.15) is 10.5 Å². The van der Waals surface area contributed by atoms with Crippen LogP contribution in [0.25, 0.3) is 5.82 Å². The van der Waals surface area contributed by atoms with Gasteiger partial charge < -0.3 is 5.32 Å². The summed E-state index contributed by atoms with van der Waals surface area (Å²) in [4.78, 5) is 24.1. The Balaban J connectivity index is 1.88. The van der Waals surface area contributed by atoms with E-state index in [1.54, 1.807) is 41.5 Å². The topological polar surface area (TPSA) is 85.6 Å². The highest BCUT2D eigenvalue weighted by Gasteiger charge is 2.12. The molecule has 104 valence electrons. The Bertz CT molecular complexity index is 757. The molecule has 3 rings (SSSR count). The molecule has 0 saturated heterocycles. The van der Waals surface area contributed by atoms with E-state index in [1.807, 2.05) is 0 Å². The second kappa shape index (κ2) is 5.68. The van der Waals surface area contributed by atoms with Crippen LogP contribution in [-0.4, -0.2) is 30.6 Å². The molecule has 0 aliphatic carbocycles. The number of halogens is 1. The highest BCUT2D eigenvalue weighted by atomic mass is 35.5. The first kappa shape index (κ1) is 13.2. The van der Waals surface area contributed by atoms with E-state index in [2.05, 4.69) is 25.4 Å². The molecule has 3 aromatic heterocycles. The lowest BCUT2D eigenvalue weighted by Gasteiger charge is -2.09. The number of nitrogens with zero attached hydrogens (tertiary/aromatic N) is 5. The van der Waals surface area contributed by atoms with Crippen molar-refractivity contribution in [2.24, 2.45) is 0 Å². The zero-order chi connectivity index (χ0) is 14.7. The van der Waals surface area contributed by atoms with E-state index >= 15 is 0 Å². The van der Waals surface area contributed by atoms with Crippen LogP contribution in [-0.2, 0) is 0 Å². The van der Waals surface area contributed by atoms with Gasteiger partial charge in [0.2, 0.25) is 0 Å². The summed E-state index contributed by atoms with van der Waals surface area (Å²) in [7, 11) is 0. The summed E-state index contributed by atoms with van der Waals surface area (Å²) in [6.45, 7) is 0. The maximum Gasteiger partial charge on any atom is 0.275 e. The largest absolute Gasteiger partial charge is 0.317 e. The number of carbonyl (C=O) groups excluding carboxylic acids is 1. The fourth-order valence-electron chi connectivity index (χ4n) is 1.69. The lowest BCUT2D eigenvalue weighted by atomic mass is 10.3. The molecule has 1 amide bonds. The van der Waals surface area contributed by atoms with Gasteiger partial charge in [0.15, 0.2) is 5.82 Å². The maximum absolute atomic E-state index is 12.1. The quantitative estimate of drug-likeness (QED) is 0.799. The van der Waals surface area contributed by atoms with Gasteiger partial charge in [0, 0.05) is 18.6 Å². The molecule has 7 nitrogen and oxygen atoms in total. The summed E-state index contributed by atoms with van der Waals surface area (Å²) < 4.78 is 1.56. The van der Waals surface area contributed by atoms with Crippen molar-refractivity contribution in [3.8, 4) is 5.82 Å². The number of hydrogen-bond acceptors (Lipinski definition) is 5. The fourth-order valence-corrected chi connectivity index (χ4v) is 1.78. The summed E-state index contributed by atoms with van der Waals surface area (Å²) in [5.74, 6) is 0.110. The average molecular weight is 301 g/mol. The second-order valence-electron chi connectivity index (χ2n) is 4.00. The van der Waals surface area contributed by atoms with Gasteiger partial charge in [-0.2, -0.15) is 5.10 Å². The van der Waals surface area contributed by atoms with Crippen molar-refractivity contribution in [3.05, 3.63) is 60.0 Å². The summed E-state index contributed by atoms with van der Waals surface area (Å²) in [5.41, 5.74) is 0.678. The molecule has 0 bridgehead atoms. The van der Waals surface area contributed by atoms with Gasteiger partial charge in [0.1, 0.15) is 10.8 Å². The predicted molar refractivity (Wildman–Crippen MR) is 76.4 cm³/mol. The molecule has 0 aromatic carbocycles. The summed E-state index contributed by atoms with van der Waals surface area (Å²) >= 11 is 5.64. The first-order valence-corrected chi connectivity index (χ1v) is 6.36. The molecule has 1 N–H and O–H groups in total. The first-order valence-electron chi connectivity index (χ1n) is 5.98. The van der Waals surface area contributed by atoms with Crippen LogP contribution in [0.15, 0.2) is 49.2 Å². The molecule has 3 aromatic rings. The Kier molecular flexibility index (Phi) is 3.57. The monoisotopic (exact) mass is 300 g/mol. The summed E-state index contributed by atoms with van der Waals surface area (Å²) in [5, 5.41) is 7.05. The van der Waals surface area contributed by atoms with Crippen molar-refractivity contribution in [2.45, 2.75) is 0 Å². The Morgan fingerprint density at radius 1 is 1.14 bits per heavy atom. The van der Waals surface area contributed by atoms with Crippen LogP contribution in [0.3, 0.4) is 0 Å². The molecule has 0 radical (unpaired) electrons. The molecular weight excluding hydrogens is 292 g/mol. The molecule has 0 spiro atoms. The van der Waals surface area contributed by atoms with Crippen LogP contribution >= 0.6 is 11.6 Å². The van der Waals surface area contributed by atoms with Gasteiger partial charge >= 0.3 is 0 Å². The van der Waals surface area contributed by atoms with Crippen LogP contribution in [0.2, 0.25) is 5.15 Å². The van der Waals surface area contributed by atoms with Crippen molar-refractivity contribution < 1.29 is 4.79 Å². The SMILES string of the molecule is O=C(Nc1cccnc1-n1cccn1)c1cnc(Cl)cn1. The predicted octanol–water partition coefficient (Wildman–Crippen LogP) is 1.96. The molecule has 3 heterocycles. The zero-order valence-corrected chi connectivity index (χ0v) is 11.4. The highest BCUT2D eigenvalue weighted by Crippen LogP contribution is 2.16. The Morgan fingerprint density at radius 2 is 2.05 bits per heavy atom. The number of hydrogen-bond donors (Lipinski definition) is 1. The molecule has 0 fully saturated rings. The normalized spacial score (nSPS) is 10.3. The Hall–Kier alpha value is -2.80. The van der Waals surface area contributed by atoms with Crippen molar-refractivity contribution in [3.63, 3.8) is 0 Å². The second-order valence-corrected chi connectivity index (χ2v) is 4.39. The van der Waals surface area contributed by atoms with E-state index < -0.39 is 5.91 Å². The number of amides is 1. The number of rotatable bonds is 3. The summed E-state index contributed by atoms with van der Waals surface area (Å²) in [6, 6.07) is 5.21. The van der Waals surface area contributed by atoms with E-state index in [0.717, 1.165) is 0 Å².